The monoisotopic (exact) mass is 558 g/mol. The minimum atomic E-state index is -2.62. The zero-order valence-corrected chi connectivity index (χ0v) is 25.9. The van der Waals surface area contributed by atoms with E-state index in [0.717, 1.165) is 5.56 Å². The van der Waals surface area contributed by atoms with Gasteiger partial charge in [0.15, 0.2) is 8.07 Å². The molecule has 0 radical (unpaired) electrons. The Labute approximate surface area is 246 Å². The second kappa shape index (κ2) is 11.2. The van der Waals surface area contributed by atoms with Crippen LogP contribution in [0, 0.1) is 11.5 Å². The Bertz CT molecular complexity index is 1730. The summed E-state index contributed by atoms with van der Waals surface area (Å²) in [7, 11) is -4.09. The third kappa shape index (κ3) is 5.35. The Hall–Kier alpha value is -4.43. The van der Waals surface area contributed by atoms with E-state index in [1.165, 1.54) is 43.4 Å². The molecule has 41 heavy (non-hydrogen) atoms. The van der Waals surface area contributed by atoms with Gasteiger partial charge in [-0.05, 0) is 55.5 Å². The second-order valence-corrected chi connectivity index (χ2v) is 20.0. The highest BCUT2D eigenvalue weighted by Gasteiger charge is 2.46. The Kier molecular flexibility index (Phi) is 7.33. The fourth-order valence-corrected chi connectivity index (χ4v) is 11.2. The van der Waals surface area contributed by atoms with Gasteiger partial charge in [-0.15, -0.1) is 5.54 Å². The smallest absolute Gasteiger partial charge is 0.127 e. The molecule has 0 nitrogen and oxygen atoms in total. The molecule has 5 aromatic rings. The minimum absolute atomic E-state index is 1.08. The average Bonchev–Trinajstić information content (AvgIpc) is 3.39. The molecular weight excluding hydrogens is 525 g/mol. The first-order valence-electron chi connectivity index (χ1n) is 14.3. The van der Waals surface area contributed by atoms with Gasteiger partial charge in [-0.1, -0.05) is 165 Å². The average molecular weight is 559 g/mol. The van der Waals surface area contributed by atoms with Crippen LogP contribution in [0.25, 0.3) is 16.3 Å². The Morgan fingerprint density at radius 1 is 0.488 bits per heavy atom. The molecule has 0 saturated carbocycles. The van der Waals surface area contributed by atoms with E-state index in [1.807, 2.05) is 0 Å². The summed E-state index contributed by atoms with van der Waals surface area (Å²) in [5.41, 5.74) is 13.7. The van der Waals surface area contributed by atoms with Gasteiger partial charge in [0.25, 0.3) is 0 Å². The van der Waals surface area contributed by atoms with Gasteiger partial charge in [-0.25, -0.2) is 0 Å². The largest absolute Gasteiger partial charge is 0.174 e. The Balaban J connectivity index is 1.71. The molecule has 0 aliphatic carbocycles. The first kappa shape index (κ1) is 26.8. The van der Waals surface area contributed by atoms with Crippen molar-refractivity contribution in [1.29, 1.82) is 0 Å². The summed E-state index contributed by atoms with van der Waals surface area (Å²) in [6, 6.07) is 53.3. The van der Waals surface area contributed by atoms with Crippen LogP contribution in [0.4, 0.5) is 0 Å². The van der Waals surface area contributed by atoms with E-state index in [1.54, 1.807) is 0 Å². The molecule has 0 atom stereocenters. The van der Waals surface area contributed by atoms with E-state index >= 15 is 0 Å². The summed E-state index contributed by atoms with van der Waals surface area (Å²) >= 11 is 0. The highest BCUT2D eigenvalue weighted by atomic mass is 28.3. The van der Waals surface area contributed by atoms with Crippen molar-refractivity contribution < 1.29 is 0 Å². The summed E-state index contributed by atoms with van der Waals surface area (Å²) in [5, 5.41) is 4.22. The van der Waals surface area contributed by atoms with Crippen LogP contribution in [0.15, 0.2) is 151 Å². The highest BCUT2D eigenvalue weighted by molar-refractivity contribution is 7.21. The molecule has 0 spiro atoms. The molecule has 1 aliphatic heterocycles. The topological polar surface area (TPSA) is 0 Å². The van der Waals surface area contributed by atoms with E-state index in [-0.39, 0.29) is 0 Å². The fraction of sp³-hybridized carbons (Fsp3) is 0.0769. The quantitative estimate of drug-likeness (QED) is 0.150. The van der Waals surface area contributed by atoms with Crippen LogP contribution in [-0.2, 0) is 0 Å². The van der Waals surface area contributed by atoms with E-state index in [4.69, 9.17) is 0 Å². The maximum absolute atomic E-state index is 3.53. The summed E-state index contributed by atoms with van der Waals surface area (Å²) in [6.45, 7) is 6.88. The molecule has 6 rings (SSSR count). The van der Waals surface area contributed by atoms with E-state index in [0.29, 0.717) is 0 Å². The van der Waals surface area contributed by atoms with Crippen molar-refractivity contribution in [1.82, 2.24) is 0 Å². The summed E-state index contributed by atoms with van der Waals surface area (Å²) in [4.78, 5) is 0. The first-order valence-corrected chi connectivity index (χ1v) is 19.9. The van der Waals surface area contributed by atoms with Gasteiger partial charge < -0.3 is 0 Å². The van der Waals surface area contributed by atoms with E-state index < -0.39 is 16.1 Å². The van der Waals surface area contributed by atoms with Crippen LogP contribution in [0.5, 0.6) is 0 Å². The van der Waals surface area contributed by atoms with Gasteiger partial charge in [0, 0.05) is 5.56 Å². The van der Waals surface area contributed by atoms with Crippen LogP contribution in [0.1, 0.15) is 22.3 Å². The molecule has 0 unspecified atom stereocenters. The number of hydrogen-bond donors (Lipinski definition) is 0. The van der Waals surface area contributed by atoms with Gasteiger partial charge >= 0.3 is 0 Å². The fourth-order valence-electron chi connectivity index (χ4n) is 5.82. The molecule has 0 saturated heterocycles. The Morgan fingerprint density at radius 2 is 0.951 bits per heavy atom. The lowest BCUT2D eigenvalue weighted by atomic mass is 9.92. The minimum Gasteiger partial charge on any atom is -0.127 e. The highest BCUT2D eigenvalue weighted by Crippen LogP contribution is 2.48. The molecule has 1 heterocycles. The predicted octanol–water partition coefficient (Wildman–Crippen LogP) is 8.27. The van der Waals surface area contributed by atoms with Crippen LogP contribution < -0.4 is 10.4 Å². The summed E-state index contributed by atoms with van der Waals surface area (Å²) in [5.74, 6) is 3.46. The Morgan fingerprint density at radius 3 is 1.44 bits per heavy atom. The summed E-state index contributed by atoms with van der Waals surface area (Å²) in [6.07, 6.45) is 0. The van der Waals surface area contributed by atoms with Crippen molar-refractivity contribution in [3.05, 3.63) is 174 Å². The van der Waals surface area contributed by atoms with E-state index in [2.05, 4.69) is 182 Å². The molecule has 0 N–H and O–H groups in total. The molecule has 5 aromatic carbocycles. The number of benzene rings is 5. The van der Waals surface area contributed by atoms with Crippen molar-refractivity contribution in [3.63, 3.8) is 0 Å². The van der Waals surface area contributed by atoms with Crippen molar-refractivity contribution in [2.45, 2.75) is 19.6 Å². The number of rotatable bonds is 5. The normalized spacial score (nSPS) is 14.3. The molecule has 0 bridgehead atoms. The van der Waals surface area contributed by atoms with Crippen molar-refractivity contribution in [2.24, 2.45) is 0 Å². The predicted molar refractivity (Wildman–Crippen MR) is 182 cm³/mol. The maximum atomic E-state index is 3.53. The molecule has 0 fully saturated rings. The van der Waals surface area contributed by atoms with Crippen LogP contribution >= 0.6 is 0 Å². The van der Waals surface area contributed by atoms with Crippen LogP contribution in [-0.4, -0.2) is 16.1 Å². The molecule has 1 aliphatic rings. The van der Waals surface area contributed by atoms with Gasteiger partial charge in [0.1, 0.15) is 8.07 Å². The molecule has 2 heteroatoms. The van der Waals surface area contributed by atoms with Crippen molar-refractivity contribution in [3.8, 4) is 11.5 Å². The van der Waals surface area contributed by atoms with Gasteiger partial charge in [0.05, 0.1) is 0 Å². The zero-order chi connectivity index (χ0) is 28.3. The lowest BCUT2D eigenvalue weighted by molar-refractivity contribution is 1.57. The lowest BCUT2D eigenvalue weighted by Crippen LogP contribution is -2.57. The van der Waals surface area contributed by atoms with E-state index in [9.17, 15) is 0 Å². The molecular formula is C39H34Si2. The number of allylic oxidation sites excluding steroid dienone is 2. The maximum Gasteiger partial charge on any atom is 0.174 e. The molecule has 0 aromatic heterocycles. The van der Waals surface area contributed by atoms with Gasteiger partial charge in [-0.3, -0.25) is 0 Å². The van der Waals surface area contributed by atoms with Gasteiger partial charge in [0.2, 0.25) is 0 Å². The van der Waals surface area contributed by atoms with Crippen molar-refractivity contribution >= 4 is 42.9 Å². The SMILES string of the molecule is C[Si](C)(C)C#Cc1ccc(C2=C(c3ccccc3)C(c3ccccc3)=C[Si]2(c2ccccc2)c2ccccc2)cc1. The standard InChI is InChI=1S/C39H34Si2/c1-40(2,3)29-28-31-24-26-34(27-25-31)39-38(33-18-10-5-11-19-33)37(32-16-8-4-9-17-32)30-41(39,35-20-12-6-13-21-35)36-22-14-7-15-23-36/h4-27,30H,1-3H3. The first-order chi connectivity index (χ1) is 20.0. The zero-order valence-electron chi connectivity index (χ0n) is 23.9. The van der Waals surface area contributed by atoms with Crippen LogP contribution in [0.3, 0.4) is 0 Å². The number of hydrogen-bond acceptors (Lipinski definition) is 0. The second-order valence-electron chi connectivity index (χ2n) is 11.7. The summed E-state index contributed by atoms with van der Waals surface area (Å²) < 4.78 is 0. The third-order valence-corrected chi connectivity index (χ3v) is 13.0. The lowest BCUT2D eigenvalue weighted by Gasteiger charge is -2.31. The van der Waals surface area contributed by atoms with Gasteiger partial charge in [-0.2, -0.15) is 0 Å². The van der Waals surface area contributed by atoms with Crippen LogP contribution in [0.2, 0.25) is 19.6 Å². The third-order valence-electron chi connectivity index (χ3n) is 7.64. The van der Waals surface area contributed by atoms with Crippen molar-refractivity contribution in [2.75, 3.05) is 0 Å². The molecule has 0 amide bonds. The molecule has 198 valence electrons.